The summed E-state index contributed by atoms with van der Waals surface area (Å²) in [5.74, 6) is 0.931. The molecule has 0 fully saturated rings. The molecule has 0 aliphatic rings. The van der Waals surface area contributed by atoms with Gasteiger partial charge in [-0.3, -0.25) is 13.9 Å². The Morgan fingerprint density at radius 2 is 1.94 bits per heavy atom. The summed E-state index contributed by atoms with van der Waals surface area (Å²) >= 11 is 0. The molecule has 3 aromatic rings. The van der Waals surface area contributed by atoms with Crippen LogP contribution in [0.2, 0.25) is 0 Å². The molecule has 0 saturated carbocycles. The minimum absolute atomic E-state index is 0.00869. The highest BCUT2D eigenvalue weighted by Gasteiger charge is 2.21. The Labute approximate surface area is 179 Å². The summed E-state index contributed by atoms with van der Waals surface area (Å²) in [6.45, 7) is 3.87. The van der Waals surface area contributed by atoms with Crippen LogP contribution in [0.5, 0.6) is 5.75 Å². The van der Waals surface area contributed by atoms with Crippen molar-refractivity contribution in [2.45, 2.75) is 39.0 Å². The molecule has 0 spiro atoms. The van der Waals surface area contributed by atoms with Gasteiger partial charge in [-0.15, -0.1) is 0 Å². The van der Waals surface area contributed by atoms with Crippen LogP contribution in [0.1, 0.15) is 19.4 Å². The fourth-order valence-corrected chi connectivity index (χ4v) is 3.31. The summed E-state index contributed by atoms with van der Waals surface area (Å²) in [6.07, 6.45) is -0.725. The van der Waals surface area contributed by atoms with E-state index in [9.17, 15) is 19.8 Å². The number of aryl methyl sites for hydroxylation is 2. The van der Waals surface area contributed by atoms with Gasteiger partial charge in [-0.2, -0.15) is 4.98 Å². The second kappa shape index (κ2) is 9.36. The molecule has 0 bridgehead atoms. The van der Waals surface area contributed by atoms with E-state index in [4.69, 9.17) is 4.74 Å². The Kier molecular flexibility index (Phi) is 6.81. The van der Waals surface area contributed by atoms with E-state index in [1.165, 1.54) is 23.2 Å². The van der Waals surface area contributed by atoms with Crippen LogP contribution in [0, 0.1) is 0 Å². The predicted molar refractivity (Wildman–Crippen MR) is 118 cm³/mol. The summed E-state index contributed by atoms with van der Waals surface area (Å²) in [7, 11) is 2.92. The smallest absolute Gasteiger partial charge is 0.332 e. The third-order valence-electron chi connectivity index (χ3n) is 5.05. The molecule has 3 N–H and O–H groups in total. The highest BCUT2D eigenvalue weighted by atomic mass is 16.5. The number of nitrogens with one attached hydrogen (secondary N) is 1. The van der Waals surface area contributed by atoms with Gasteiger partial charge >= 0.3 is 5.69 Å². The van der Waals surface area contributed by atoms with E-state index in [0.717, 1.165) is 16.6 Å². The predicted octanol–water partition coefficient (Wildman–Crippen LogP) is 0.229. The average molecular weight is 431 g/mol. The van der Waals surface area contributed by atoms with Crippen molar-refractivity contribution in [2.24, 2.45) is 14.1 Å². The highest BCUT2D eigenvalue weighted by Crippen LogP contribution is 2.18. The van der Waals surface area contributed by atoms with E-state index in [-0.39, 0.29) is 36.8 Å². The number of imidazole rings is 1. The van der Waals surface area contributed by atoms with E-state index in [1.54, 1.807) is 6.92 Å². The number of ether oxygens (including phenoxy) is 1. The first-order chi connectivity index (χ1) is 14.7. The van der Waals surface area contributed by atoms with Crippen LogP contribution < -0.4 is 21.3 Å². The van der Waals surface area contributed by atoms with Crippen LogP contribution in [-0.2, 0) is 27.1 Å². The number of hydrogen-bond acceptors (Lipinski definition) is 7. The zero-order valence-corrected chi connectivity index (χ0v) is 18.2. The van der Waals surface area contributed by atoms with Crippen LogP contribution in [0.15, 0.2) is 33.9 Å². The molecule has 0 radical (unpaired) electrons. The van der Waals surface area contributed by atoms with Gasteiger partial charge in [-0.05, 0) is 31.0 Å². The lowest BCUT2D eigenvalue weighted by molar-refractivity contribution is 0.0937. The van der Waals surface area contributed by atoms with Crippen LogP contribution in [0.4, 0.5) is 5.95 Å². The molecule has 168 valence electrons. The van der Waals surface area contributed by atoms with E-state index < -0.39 is 23.5 Å². The normalized spacial score (nSPS) is 13.4. The van der Waals surface area contributed by atoms with Crippen molar-refractivity contribution in [3.8, 4) is 5.75 Å². The van der Waals surface area contributed by atoms with E-state index >= 15 is 0 Å². The standard InChI is InChI=1S/C21H29N5O5/c1-5-14-7-6-8-16(9-14)31-12-15(28)11-26-17-18(23-20(26)22-10-13(2)27)24(3)21(30)25(4)19(17)29/h6-9,13,15,27-28H,5,10-12H2,1-4H3,(H,22,23)/t13-,15-/m0/s1. The third-order valence-corrected chi connectivity index (χ3v) is 5.05. The van der Waals surface area contributed by atoms with Crippen LogP contribution in [0.3, 0.4) is 0 Å². The van der Waals surface area contributed by atoms with Gasteiger partial charge in [0.15, 0.2) is 11.2 Å². The maximum absolute atomic E-state index is 12.8. The lowest BCUT2D eigenvalue weighted by atomic mass is 10.2. The lowest BCUT2D eigenvalue weighted by Crippen LogP contribution is -2.38. The molecule has 2 atom stereocenters. The summed E-state index contributed by atoms with van der Waals surface area (Å²) in [5.41, 5.74) is 0.500. The first-order valence-electron chi connectivity index (χ1n) is 10.2. The fourth-order valence-electron chi connectivity index (χ4n) is 3.31. The number of anilines is 1. The summed E-state index contributed by atoms with van der Waals surface area (Å²) in [4.78, 5) is 29.5. The molecule has 0 saturated heterocycles. The van der Waals surface area contributed by atoms with Gasteiger partial charge in [0.25, 0.3) is 5.56 Å². The number of aliphatic hydroxyl groups is 2. The molecule has 0 aliphatic carbocycles. The van der Waals surface area contributed by atoms with Crippen molar-refractivity contribution >= 4 is 17.1 Å². The van der Waals surface area contributed by atoms with Gasteiger partial charge in [-0.25, -0.2) is 4.79 Å². The molecular weight excluding hydrogens is 402 g/mol. The summed E-state index contributed by atoms with van der Waals surface area (Å²) in [6, 6.07) is 7.63. The molecule has 10 nitrogen and oxygen atoms in total. The number of fused-ring (bicyclic) bond motifs is 1. The second-order valence-corrected chi connectivity index (χ2v) is 7.62. The molecule has 1 aromatic carbocycles. The van der Waals surface area contributed by atoms with E-state index in [1.807, 2.05) is 31.2 Å². The number of nitrogens with zero attached hydrogens (tertiary/aromatic N) is 4. The van der Waals surface area contributed by atoms with Gasteiger partial charge in [0.2, 0.25) is 5.95 Å². The van der Waals surface area contributed by atoms with Crippen LogP contribution in [0.25, 0.3) is 11.2 Å². The number of benzene rings is 1. The van der Waals surface area contributed by atoms with Crippen molar-refractivity contribution in [3.05, 3.63) is 50.7 Å². The van der Waals surface area contributed by atoms with Crippen molar-refractivity contribution in [1.29, 1.82) is 0 Å². The zero-order chi connectivity index (χ0) is 22.7. The molecular formula is C21H29N5O5. The molecule has 2 aromatic heterocycles. The topological polar surface area (TPSA) is 124 Å². The number of aliphatic hydroxyl groups excluding tert-OH is 2. The molecule has 31 heavy (non-hydrogen) atoms. The average Bonchev–Trinajstić information content (AvgIpc) is 3.11. The van der Waals surface area contributed by atoms with Gasteiger partial charge in [0.05, 0.1) is 12.6 Å². The Morgan fingerprint density at radius 1 is 1.19 bits per heavy atom. The first kappa shape index (κ1) is 22.6. The number of rotatable bonds is 9. The SMILES string of the molecule is CCc1cccc(OC[C@@H](O)Cn2c(NC[C@H](C)O)nc3c2c(=O)n(C)c(=O)n3C)c1. The molecule has 0 amide bonds. The molecule has 3 rings (SSSR count). The minimum Gasteiger partial charge on any atom is -0.491 e. The lowest BCUT2D eigenvalue weighted by Gasteiger charge is -2.16. The van der Waals surface area contributed by atoms with Crippen molar-refractivity contribution < 1.29 is 14.9 Å². The zero-order valence-electron chi connectivity index (χ0n) is 18.2. The van der Waals surface area contributed by atoms with Crippen molar-refractivity contribution in [2.75, 3.05) is 18.5 Å². The monoisotopic (exact) mass is 431 g/mol. The van der Waals surface area contributed by atoms with Crippen LogP contribution in [-0.4, -0.2) is 54.3 Å². The Balaban J connectivity index is 1.92. The van der Waals surface area contributed by atoms with Gasteiger partial charge in [0.1, 0.15) is 18.5 Å². The Bertz CT molecular complexity index is 1180. The largest absolute Gasteiger partial charge is 0.491 e. The number of aromatic nitrogens is 4. The van der Waals surface area contributed by atoms with Crippen molar-refractivity contribution in [1.82, 2.24) is 18.7 Å². The first-order valence-corrected chi connectivity index (χ1v) is 10.2. The van der Waals surface area contributed by atoms with E-state index in [0.29, 0.717) is 5.75 Å². The Hall–Kier alpha value is -3.11. The molecule has 0 aliphatic heterocycles. The third kappa shape index (κ3) is 4.80. The minimum atomic E-state index is -0.947. The fraction of sp³-hybridized carbons (Fsp3) is 0.476. The van der Waals surface area contributed by atoms with Gasteiger partial charge in [-0.1, -0.05) is 19.1 Å². The maximum atomic E-state index is 12.8. The maximum Gasteiger partial charge on any atom is 0.332 e. The molecule has 10 heteroatoms. The molecule has 0 unspecified atom stereocenters. The second-order valence-electron chi connectivity index (χ2n) is 7.62. The highest BCUT2D eigenvalue weighted by molar-refractivity contribution is 5.74. The summed E-state index contributed by atoms with van der Waals surface area (Å²) in [5, 5.41) is 23.2. The van der Waals surface area contributed by atoms with Crippen molar-refractivity contribution in [3.63, 3.8) is 0 Å². The van der Waals surface area contributed by atoms with Gasteiger partial charge < -0.3 is 24.8 Å². The van der Waals surface area contributed by atoms with Crippen LogP contribution >= 0.6 is 0 Å². The number of hydrogen-bond donors (Lipinski definition) is 3. The quantitative estimate of drug-likeness (QED) is 0.443. The Morgan fingerprint density at radius 3 is 2.61 bits per heavy atom. The van der Waals surface area contributed by atoms with E-state index in [2.05, 4.69) is 10.3 Å². The van der Waals surface area contributed by atoms with Gasteiger partial charge in [0, 0.05) is 20.6 Å². The molecule has 2 heterocycles. The summed E-state index contributed by atoms with van der Waals surface area (Å²) < 4.78 is 9.52.